The van der Waals surface area contributed by atoms with Crippen LogP contribution in [0.4, 0.5) is 13.2 Å². The van der Waals surface area contributed by atoms with Gasteiger partial charge in [-0.15, -0.1) is 0 Å². The second kappa shape index (κ2) is 7.73. The molecule has 9 heteroatoms. The van der Waals surface area contributed by atoms with Crippen molar-refractivity contribution in [1.29, 1.82) is 0 Å². The first-order valence-corrected chi connectivity index (χ1v) is 8.09. The first kappa shape index (κ1) is 18.8. The minimum Gasteiger partial charge on any atom is -0.497 e. The Kier molecular flexibility index (Phi) is 5.38. The molecule has 1 saturated heterocycles. The van der Waals surface area contributed by atoms with E-state index in [4.69, 9.17) is 14.2 Å². The molecule has 1 aromatic carbocycles. The summed E-state index contributed by atoms with van der Waals surface area (Å²) in [6.07, 6.45) is -3.81. The molecule has 0 aliphatic carbocycles. The van der Waals surface area contributed by atoms with Crippen molar-refractivity contribution < 1.29 is 32.2 Å². The SMILES string of the molecule is COc1ccc(OCC(=O)N2CC(Oc3cc(C(F)(F)F)ccn3)C2)cc1. The normalized spacial score (nSPS) is 14.4. The summed E-state index contributed by atoms with van der Waals surface area (Å²) in [5.41, 5.74) is -0.826. The predicted molar refractivity (Wildman–Crippen MR) is 88.7 cm³/mol. The van der Waals surface area contributed by atoms with Crippen LogP contribution in [0.15, 0.2) is 42.6 Å². The van der Waals surface area contributed by atoms with E-state index in [0.717, 1.165) is 18.3 Å². The van der Waals surface area contributed by atoms with Gasteiger partial charge in [0.05, 0.1) is 25.8 Å². The molecule has 3 rings (SSSR count). The number of hydrogen-bond acceptors (Lipinski definition) is 5. The van der Waals surface area contributed by atoms with Crippen LogP contribution in [0, 0.1) is 0 Å². The molecular formula is C18H17F3N2O4. The molecule has 27 heavy (non-hydrogen) atoms. The zero-order chi connectivity index (χ0) is 19.4. The van der Waals surface area contributed by atoms with Crippen molar-refractivity contribution in [1.82, 2.24) is 9.88 Å². The molecule has 1 aliphatic heterocycles. The third-order valence-corrected chi connectivity index (χ3v) is 3.97. The van der Waals surface area contributed by atoms with E-state index in [1.54, 1.807) is 31.4 Å². The number of ether oxygens (including phenoxy) is 3. The number of amides is 1. The third-order valence-electron chi connectivity index (χ3n) is 3.97. The Hall–Kier alpha value is -2.97. The van der Waals surface area contributed by atoms with E-state index in [1.165, 1.54) is 4.90 Å². The third kappa shape index (κ3) is 4.81. The van der Waals surface area contributed by atoms with E-state index in [-0.39, 0.29) is 31.5 Å². The number of nitrogens with zero attached hydrogens (tertiary/aromatic N) is 2. The summed E-state index contributed by atoms with van der Waals surface area (Å²) in [6, 6.07) is 8.53. The van der Waals surface area contributed by atoms with Gasteiger partial charge in [-0.1, -0.05) is 0 Å². The molecule has 2 aromatic rings. The molecule has 2 heterocycles. The summed E-state index contributed by atoms with van der Waals surface area (Å²) in [5, 5.41) is 0. The Balaban J connectivity index is 1.44. The van der Waals surface area contributed by atoms with Gasteiger partial charge in [-0.05, 0) is 30.3 Å². The van der Waals surface area contributed by atoms with E-state index < -0.39 is 17.8 Å². The molecule has 0 N–H and O–H groups in total. The number of aromatic nitrogens is 1. The van der Waals surface area contributed by atoms with Gasteiger partial charge in [0.1, 0.15) is 17.6 Å². The maximum absolute atomic E-state index is 12.7. The summed E-state index contributed by atoms with van der Waals surface area (Å²) in [7, 11) is 1.55. The number of pyridine rings is 1. The Morgan fingerprint density at radius 2 is 1.85 bits per heavy atom. The summed E-state index contributed by atoms with van der Waals surface area (Å²) in [6.45, 7) is 0.395. The molecular weight excluding hydrogens is 365 g/mol. The van der Waals surface area contributed by atoms with Gasteiger partial charge in [-0.2, -0.15) is 13.2 Å². The average molecular weight is 382 g/mol. The van der Waals surface area contributed by atoms with Crippen LogP contribution >= 0.6 is 0 Å². The topological polar surface area (TPSA) is 60.9 Å². The lowest BCUT2D eigenvalue weighted by Crippen LogP contribution is -2.57. The Morgan fingerprint density at radius 3 is 2.48 bits per heavy atom. The first-order chi connectivity index (χ1) is 12.8. The Labute approximate surface area is 153 Å². The highest BCUT2D eigenvalue weighted by molar-refractivity contribution is 5.78. The average Bonchev–Trinajstić information content (AvgIpc) is 2.62. The fraction of sp³-hybridized carbons (Fsp3) is 0.333. The number of alkyl halides is 3. The molecule has 0 saturated carbocycles. The van der Waals surface area contributed by atoms with Crippen molar-refractivity contribution in [2.24, 2.45) is 0 Å². The van der Waals surface area contributed by atoms with Crippen LogP contribution in [-0.4, -0.2) is 48.7 Å². The number of methoxy groups -OCH3 is 1. The van der Waals surface area contributed by atoms with Crippen molar-refractivity contribution >= 4 is 5.91 Å². The van der Waals surface area contributed by atoms with Crippen LogP contribution in [0.25, 0.3) is 0 Å². The smallest absolute Gasteiger partial charge is 0.416 e. The molecule has 6 nitrogen and oxygen atoms in total. The lowest BCUT2D eigenvalue weighted by atomic mass is 10.1. The molecule has 0 atom stereocenters. The Bertz CT molecular complexity index is 790. The van der Waals surface area contributed by atoms with Crippen LogP contribution in [0.3, 0.4) is 0 Å². The number of benzene rings is 1. The molecule has 0 spiro atoms. The molecule has 1 fully saturated rings. The van der Waals surface area contributed by atoms with Crippen molar-refractivity contribution in [2.75, 3.05) is 26.8 Å². The van der Waals surface area contributed by atoms with E-state index in [9.17, 15) is 18.0 Å². The zero-order valence-electron chi connectivity index (χ0n) is 14.4. The summed E-state index contributed by atoms with van der Waals surface area (Å²) >= 11 is 0. The quantitative estimate of drug-likeness (QED) is 0.769. The number of likely N-dealkylation sites (tertiary alicyclic amines) is 1. The van der Waals surface area contributed by atoms with E-state index in [1.807, 2.05) is 0 Å². The maximum Gasteiger partial charge on any atom is 0.416 e. The predicted octanol–water partition coefficient (Wildman–Crippen LogP) is 2.78. The number of hydrogen-bond donors (Lipinski definition) is 0. The van der Waals surface area contributed by atoms with E-state index in [2.05, 4.69) is 4.98 Å². The lowest BCUT2D eigenvalue weighted by molar-refractivity contribution is -0.142. The highest BCUT2D eigenvalue weighted by Crippen LogP contribution is 2.31. The molecule has 1 amide bonds. The van der Waals surface area contributed by atoms with Gasteiger partial charge >= 0.3 is 6.18 Å². The van der Waals surface area contributed by atoms with Crippen LogP contribution in [0.1, 0.15) is 5.56 Å². The number of carbonyl (C=O) groups excluding carboxylic acids is 1. The Morgan fingerprint density at radius 1 is 1.19 bits per heavy atom. The number of rotatable bonds is 6. The van der Waals surface area contributed by atoms with Gasteiger partial charge in [0.2, 0.25) is 5.88 Å². The largest absolute Gasteiger partial charge is 0.497 e. The zero-order valence-corrected chi connectivity index (χ0v) is 14.4. The summed E-state index contributed by atoms with van der Waals surface area (Å²) < 4.78 is 53.9. The molecule has 0 bridgehead atoms. The number of halogens is 3. The van der Waals surface area contributed by atoms with Crippen molar-refractivity contribution in [2.45, 2.75) is 12.3 Å². The van der Waals surface area contributed by atoms with E-state index >= 15 is 0 Å². The second-order valence-corrected chi connectivity index (χ2v) is 5.88. The van der Waals surface area contributed by atoms with Gasteiger partial charge in [-0.3, -0.25) is 4.79 Å². The summed E-state index contributed by atoms with van der Waals surface area (Å²) in [4.78, 5) is 17.3. The monoisotopic (exact) mass is 382 g/mol. The van der Waals surface area contributed by atoms with Crippen molar-refractivity contribution in [3.8, 4) is 17.4 Å². The number of carbonyl (C=O) groups is 1. The van der Waals surface area contributed by atoms with E-state index in [0.29, 0.717) is 11.5 Å². The minimum atomic E-state index is -4.46. The van der Waals surface area contributed by atoms with Gasteiger partial charge in [0, 0.05) is 12.3 Å². The van der Waals surface area contributed by atoms with Crippen LogP contribution in [0.2, 0.25) is 0 Å². The van der Waals surface area contributed by atoms with Crippen molar-refractivity contribution in [3.05, 3.63) is 48.2 Å². The standard InChI is InChI=1S/C18H17F3N2O4/c1-25-13-2-4-14(5-3-13)26-11-17(24)23-9-15(10-23)27-16-8-12(6-7-22-16)18(19,20)21/h2-8,15H,9-11H2,1H3. The van der Waals surface area contributed by atoms with Gasteiger partial charge in [0.15, 0.2) is 6.61 Å². The maximum atomic E-state index is 12.7. The fourth-order valence-corrected chi connectivity index (χ4v) is 2.45. The van der Waals surface area contributed by atoms with Gasteiger partial charge in [-0.25, -0.2) is 4.98 Å². The van der Waals surface area contributed by atoms with Crippen molar-refractivity contribution in [3.63, 3.8) is 0 Å². The summed E-state index contributed by atoms with van der Waals surface area (Å²) in [5.74, 6) is 0.865. The highest BCUT2D eigenvalue weighted by Gasteiger charge is 2.34. The molecule has 144 valence electrons. The fourth-order valence-electron chi connectivity index (χ4n) is 2.45. The minimum absolute atomic E-state index is 0.114. The molecule has 1 aliphatic rings. The lowest BCUT2D eigenvalue weighted by Gasteiger charge is -2.38. The van der Waals surface area contributed by atoms with Crippen LogP contribution in [-0.2, 0) is 11.0 Å². The highest BCUT2D eigenvalue weighted by atomic mass is 19.4. The van der Waals surface area contributed by atoms with Gasteiger partial charge in [0.25, 0.3) is 5.91 Å². The molecule has 0 radical (unpaired) electrons. The van der Waals surface area contributed by atoms with Crippen LogP contribution < -0.4 is 14.2 Å². The van der Waals surface area contributed by atoms with Gasteiger partial charge < -0.3 is 19.1 Å². The van der Waals surface area contributed by atoms with Crippen LogP contribution in [0.5, 0.6) is 17.4 Å². The molecule has 1 aromatic heterocycles. The first-order valence-electron chi connectivity index (χ1n) is 8.09. The second-order valence-electron chi connectivity index (χ2n) is 5.88. The molecule has 0 unspecified atom stereocenters.